The monoisotopic (exact) mass is 1440 g/mol. The van der Waals surface area contributed by atoms with Gasteiger partial charge in [0.25, 0.3) is 0 Å². The van der Waals surface area contributed by atoms with Crippen molar-refractivity contribution in [3.63, 3.8) is 0 Å². The van der Waals surface area contributed by atoms with Crippen LogP contribution in [0.5, 0.6) is 17.2 Å². The number of hydrogen-bond acceptors (Lipinski definition) is 14. The molecule has 0 unspecified atom stereocenters. The topological polar surface area (TPSA) is 241 Å². The van der Waals surface area contributed by atoms with Crippen LogP contribution in [0.1, 0.15) is 5.56 Å². The highest BCUT2D eigenvalue weighted by Gasteiger charge is 2.27. The van der Waals surface area contributed by atoms with Crippen molar-refractivity contribution in [2.75, 3.05) is 124 Å². The zero-order valence-corrected chi connectivity index (χ0v) is 59.0. The van der Waals surface area contributed by atoms with Crippen LogP contribution in [-0.4, -0.2) is 194 Å². The highest BCUT2D eigenvalue weighted by atomic mass is 35.5. The third kappa shape index (κ3) is 15.8. The third-order valence-electron chi connectivity index (χ3n) is 19.3. The van der Waals surface area contributed by atoms with E-state index < -0.39 is 5.82 Å². The summed E-state index contributed by atoms with van der Waals surface area (Å²) < 4.78 is 13.9. The van der Waals surface area contributed by atoms with E-state index in [0.29, 0.717) is 68.0 Å². The molecule has 7 heterocycles. The number of nitrogens with one attached hydrogen (secondary N) is 3. The number of anilines is 4. The van der Waals surface area contributed by atoms with E-state index in [0.717, 1.165) is 136 Å². The van der Waals surface area contributed by atoms with Crippen molar-refractivity contribution in [3.8, 4) is 61.8 Å². The number of nitrogens with zero attached hydrogens (tertiary/aromatic N) is 11. The van der Waals surface area contributed by atoms with Crippen molar-refractivity contribution in [1.29, 1.82) is 0 Å². The van der Waals surface area contributed by atoms with Crippen molar-refractivity contribution < 1.29 is 38.9 Å². The maximum Gasteiger partial charge on any atom is 0.246 e. The molecule has 21 nitrogen and oxygen atoms in total. The molecule has 4 fully saturated rings. The van der Waals surface area contributed by atoms with Gasteiger partial charge in [-0.2, -0.15) is 15.3 Å². The zero-order chi connectivity index (χ0) is 73.1. The lowest BCUT2D eigenvalue weighted by Crippen LogP contribution is -2.48. The van der Waals surface area contributed by atoms with E-state index in [1.54, 1.807) is 58.5 Å². The van der Waals surface area contributed by atoms with Crippen molar-refractivity contribution in [2.45, 2.75) is 6.92 Å². The Morgan fingerprint density at radius 2 is 0.846 bits per heavy atom. The van der Waals surface area contributed by atoms with E-state index >= 15 is 0 Å². The summed E-state index contributed by atoms with van der Waals surface area (Å²) in [5.74, 6) is -0.276. The van der Waals surface area contributed by atoms with Crippen LogP contribution in [0.25, 0.3) is 77.2 Å². The summed E-state index contributed by atoms with van der Waals surface area (Å²) in [6, 6.07) is 42.3. The number of aromatic nitrogens is 6. The lowest BCUT2D eigenvalue weighted by molar-refractivity contribution is -0.127. The first-order valence-electron chi connectivity index (χ1n) is 34.1. The Morgan fingerprint density at radius 3 is 1.33 bits per heavy atom. The van der Waals surface area contributed by atoms with Crippen molar-refractivity contribution in [3.05, 3.63) is 230 Å². The van der Waals surface area contributed by atoms with Crippen LogP contribution < -0.4 is 19.6 Å². The highest BCUT2D eigenvalue weighted by molar-refractivity contribution is 6.34. The fraction of sp³-hybridized carbons (Fsp3) is 0.212. The van der Waals surface area contributed by atoms with E-state index in [1.807, 2.05) is 64.7 Å². The van der Waals surface area contributed by atoms with Gasteiger partial charge in [0.2, 0.25) is 23.6 Å². The van der Waals surface area contributed by atoms with Crippen LogP contribution >= 0.6 is 23.2 Å². The van der Waals surface area contributed by atoms with Gasteiger partial charge < -0.3 is 54.5 Å². The quantitative estimate of drug-likeness (QED) is 0.0624. The number of piperazine rings is 4. The van der Waals surface area contributed by atoms with Crippen LogP contribution in [0.2, 0.25) is 10.0 Å². The third-order valence-corrected chi connectivity index (χ3v) is 19.9. The molecule has 0 spiro atoms. The second kappa shape index (κ2) is 32.4. The summed E-state index contributed by atoms with van der Waals surface area (Å²) in [4.78, 5) is 63.1. The number of hydrogen-bond donors (Lipinski definition) is 6. The number of rotatable bonds is 12. The summed E-state index contributed by atoms with van der Waals surface area (Å²) in [6.07, 6.45) is 11.0. The van der Waals surface area contributed by atoms with Crippen LogP contribution in [0.15, 0.2) is 209 Å². The lowest BCUT2D eigenvalue weighted by atomic mass is 9.94. The SMILES string of the molecule is C=CC(=O)N1CCN(c2ccc(-c3c(C)ccc4[nH]ncc34)c3cn[nH]c23)CC1.C=CC(=O)N1CCN(c2ccc(-c3c(O)cccc3F)cc2)CC1.C=CC(=O)N1CCN(c2ccc(-c3cc(O)ccc3Cl)c3cn[nH]c23)CC1.C=CC(=O)N1CCN(c2ccc(-c3ccc(O)cc3Cl)cc2)CC1. The van der Waals surface area contributed by atoms with E-state index in [-0.39, 0.29) is 46.4 Å². The standard InChI is InChI=1S/C22H22N6O.C20H19ClN4O2.C19H19ClN2O2.C19H19FN2O2/c1-3-20(29)28-10-8-27(9-11-28)19-7-5-15(16-12-24-26-22(16)19)21-14(2)4-6-18-17(21)13-23-25-18;1-2-19(27)25-9-7-24(8-10-25)18-6-4-14(16-12-22-23-20(16)18)15-11-13(26)3-5-17(15)21;1-2-19(24)22-11-9-21(10-12-22)15-5-3-14(4-6-15)17-8-7-16(23)13-18(17)20;1-2-18(24)22-12-10-21(11-13-22)15-8-6-14(7-9-15)19-16(20)4-3-5-17(19)23/h3-7,12-13H,1,8-11H2,2H3,(H,23,25)(H,24,26);2-6,11-12,26H,1,7-10H2,(H,22,23);2-8,13,23H,1,9-12H2;2-9,23H,1,10-13H2. The zero-order valence-electron chi connectivity index (χ0n) is 57.5. The largest absolute Gasteiger partial charge is 0.508 e. The Morgan fingerprint density at radius 1 is 0.423 bits per heavy atom. The number of carbonyl (C=O) groups is 4. The van der Waals surface area contributed by atoms with Gasteiger partial charge in [-0.15, -0.1) is 0 Å². The van der Waals surface area contributed by atoms with Crippen LogP contribution in [0.3, 0.4) is 0 Å². The van der Waals surface area contributed by atoms with Gasteiger partial charge in [0.05, 0.1) is 57.1 Å². The Bertz CT molecular complexity index is 4970. The predicted octanol–water partition coefficient (Wildman–Crippen LogP) is 13.3. The van der Waals surface area contributed by atoms with Gasteiger partial charge in [0.1, 0.15) is 23.1 Å². The molecule has 8 aromatic carbocycles. The molecule has 532 valence electrons. The molecule has 6 N–H and O–H groups in total. The van der Waals surface area contributed by atoms with E-state index in [2.05, 4.69) is 120 Å². The minimum absolute atomic E-state index is 0.00429. The van der Waals surface area contributed by atoms with Crippen LogP contribution in [0, 0.1) is 12.7 Å². The fourth-order valence-corrected chi connectivity index (χ4v) is 14.2. The predicted molar refractivity (Wildman–Crippen MR) is 412 cm³/mol. The Balaban J connectivity index is 0.000000131. The van der Waals surface area contributed by atoms with Gasteiger partial charge in [-0.25, -0.2) is 4.39 Å². The number of carbonyl (C=O) groups excluding carboxylic acids is 4. The number of phenols is 3. The average Bonchev–Trinajstić information content (AvgIpc) is 1.54. The second-order valence-electron chi connectivity index (χ2n) is 25.3. The number of benzene rings is 8. The van der Waals surface area contributed by atoms with E-state index in [9.17, 15) is 38.9 Å². The number of H-pyrrole nitrogens is 3. The van der Waals surface area contributed by atoms with Crippen molar-refractivity contribution in [2.24, 2.45) is 0 Å². The summed E-state index contributed by atoms with van der Waals surface area (Å²) in [6.45, 7) is 27.8. The molecular formula is C80H79Cl2FN14O7. The second-order valence-corrected chi connectivity index (χ2v) is 26.1. The van der Waals surface area contributed by atoms with Gasteiger partial charge in [-0.1, -0.05) is 98.0 Å². The Labute approximate surface area is 611 Å². The van der Waals surface area contributed by atoms with Crippen LogP contribution in [-0.2, 0) is 19.2 Å². The molecule has 4 aliphatic heterocycles. The van der Waals surface area contributed by atoms with Gasteiger partial charge in [-0.05, 0) is 156 Å². The molecule has 3 aromatic heterocycles. The molecule has 4 saturated heterocycles. The number of aromatic hydroxyl groups is 3. The number of amides is 4. The first-order valence-corrected chi connectivity index (χ1v) is 34.9. The molecule has 104 heavy (non-hydrogen) atoms. The van der Waals surface area contributed by atoms with Crippen molar-refractivity contribution >= 4 is 102 Å². The maximum absolute atomic E-state index is 13.9. The lowest BCUT2D eigenvalue weighted by Gasteiger charge is -2.36. The van der Waals surface area contributed by atoms with E-state index in [1.165, 1.54) is 53.6 Å². The number of fused-ring (bicyclic) bond motifs is 3. The first kappa shape index (κ1) is 71.9. The Kier molecular flexibility index (Phi) is 22.4. The molecule has 0 atom stereocenters. The molecular weight excluding hydrogens is 1360 g/mol. The highest BCUT2D eigenvalue weighted by Crippen LogP contribution is 2.42. The summed E-state index contributed by atoms with van der Waals surface area (Å²) in [7, 11) is 0. The number of aromatic amines is 3. The van der Waals surface area contributed by atoms with Gasteiger partial charge >= 0.3 is 0 Å². The molecule has 11 aromatic rings. The molecule has 0 aliphatic carbocycles. The van der Waals surface area contributed by atoms with Gasteiger partial charge in [-0.3, -0.25) is 34.5 Å². The normalized spacial score (nSPS) is 14.6. The molecule has 4 aliphatic rings. The van der Waals surface area contributed by atoms with E-state index in [4.69, 9.17) is 23.2 Å². The molecule has 0 radical (unpaired) electrons. The molecule has 4 amide bonds. The summed E-state index contributed by atoms with van der Waals surface area (Å²) in [5.41, 5.74) is 15.2. The minimum atomic E-state index is -0.445. The summed E-state index contributed by atoms with van der Waals surface area (Å²) in [5, 5.41) is 55.5. The molecule has 24 heteroatoms. The smallest absolute Gasteiger partial charge is 0.246 e. The average molecular weight is 1440 g/mol. The van der Waals surface area contributed by atoms with Crippen molar-refractivity contribution in [1.82, 2.24) is 50.2 Å². The van der Waals surface area contributed by atoms with Gasteiger partial charge in [0, 0.05) is 148 Å². The molecule has 0 saturated carbocycles. The number of halogens is 3. The fourth-order valence-electron chi connectivity index (χ4n) is 13.7. The molecule has 15 rings (SSSR count). The number of phenolic OH excluding ortho intramolecular Hbond substituents is 3. The molecule has 0 bridgehead atoms. The maximum atomic E-state index is 13.9. The van der Waals surface area contributed by atoms with Gasteiger partial charge in [0.15, 0.2) is 0 Å². The first-order chi connectivity index (χ1) is 50.4. The minimum Gasteiger partial charge on any atom is -0.508 e. The number of aryl methyl sites for hydroxylation is 1. The summed E-state index contributed by atoms with van der Waals surface area (Å²) >= 11 is 12.5. The Hall–Kier alpha value is -11.9. The van der Waals surface area contributed by atoms with Crippen LogP contribution in [0.4, 0.5) is 27.1 Å².